The third-order valence-corrected chi connectivity index (χ3v) is 2.02. The Morgan fingerprint density at radius 2 is 2.00 bits per heavy atom. The van der Waals surface area contributed by atoms with Crippen molar-refractivity contribution in [2.45, 2.75) is 26.6 Å². The number of carbonyl (C=O) groups excluding carboxylic acids is 1. The normalized spacial score (nSPS) is 11.9. The van der Waals surface area contributed by atoms with E-state index in [0.717, 1.165) is 5.56 Å². The van der Waals surface area contributed by atoms with Gasteiger partial charge < -0.3 is 14.2 Å². The number of benzene rings is 1. The third kappa shape index (κ3) is 5.92. The van der Waals surface area contributed by atoms with Crippen LogP contribution >= 0.6 is 0 Å². The van der Waals surface area contributed by atoms with Gasteiger partial charge in [-0.25, -0.2) is 4.79 Å². The average Bonchev–Trinajstić information content (AvgIpc) is 2.30. The molecule has 0 N–H and O–H groups in total. The Hall–Kier alpha value is -1.55. The van der Waals surface area contributed by atoms with Gasteiger partial charge in [0.25, 0.3) is 0 Å². The molecule has 0 aliphatic carbocycles. The number of ether oxygens (including phenoxy) is 3. The molecule has 0 aliphatic heterocycles. The van der Waals surface area contributed by atoms with Crippen molar-refractivity contribution in [1.82, 2.24) is 0 Å². The highest BCUT2D eigenvalue weighted by molar-refractivity contribution is 5.59. The monoisotopic (exact) mass is 238 g/mol. The van der Waals surface area contributed by atoms with E-state index in [1.54, 1.807) is 13.8 Å². The summed E-state index contributed by atoms with van der Waals surface area (Å²) in [5.74, 6) is 0. The van der Waals surface area contributed by atoms with Gasteiger partial charge in [-0.05, 0) is 19.4 Å². The first-order valence-corrected chi connectivity index (χ1v) is 5.67. The SMILES string of the molecule is CCOC(=O)OC(C)COCc1ccccc1. The molecule has 4 nitrogen and oxygen atoms in total. The van der Waals surface area contributed by atoms with Crippen LogP contribution in [0.4, 0.5) is 4.79 Å². The van der Waals surface area contributed by atoms with E-state index in [4.69, 9.17) is 9.47 Å². The average molecular weight is 238 g/mol. The van der Waals surface area contributed by atoms with Gasteiger partial charge in [-0.3, -0.25) is 0 Å². The maximum atomic E-state index is 11.0. The van der Waals surface area contributed by atoms with Crippen molar-refractivity contribution in [2.75, 3.05) is 13.2 Å². The lowest BCUT2D eigenvalue weighted by Gasteiger charge is -2.13. The van der Waals surface area contributed by atoms with Crippen LogP contribution in [0.2, 0.25) is 0 Å². The lowest BCUT2D eigenvalue weighted by Crippen LogP contribution is -2.21. The molecule has 0 spiro atoms. The predicted octanol–water partition coefficient (Wildman–Crippen LogP) is 2.76. The van der Waals surface area contributed by atoms with Crippen LogP contribution in [0.3, 0.4) is 0 Å². The highest BCUT2D eigenvalue weighted by Crippen LogP contribution is 2.02. The van der Waals surface area contributed by atoms with Crippen molar-refractivity contribution < 1.29 is 19.0 Å². The second-order valence-corrected chi connectivity index (χ2v) is 3.61. The van der Waals surface area contributed by atoms with Gasteiger partial charge in [0.1, 0.15) is 6.10 Å². The van der Waals surface area contributed by atoms with Crippen molar-refractivity contribution >= 4 is 6.16 Å². The molecule has 0 saturated heterocycles. The van der Waals surface area contributed by atoms with E-state index in [0.29, 0.717) is 19.8 Å². The van der Waals surface area contributed by atoms with Gasteiger partial charge in [-0.15, -0.1) is 0 Å². The van der Waals surface area contributed by atoms with Gasteiger partial charge in [0, 0.05) is 0 Å². The van der Waals surface area contributed by atoms with Gasteiger partial charge in [0.15, 0.2) is 0 Å². The fourth-order valence-corrected chi connectivity index (χ4v) is 1.27. The van der Waals surface area contributed by atoms with E-state index < -0.39 is 6.16 Å². The number of hydrogen-bond donors (Lipinski definition) is 0. The summed E-state index contributed by atoms with van der Waals surface area (Å²) in [7, 11) is 0. The zero-order valence-electron chi connectivity index (χ0n) is 10.2. The Balaban J connectivity index is 2.16. The summed E-state index contributed by atoms with van der Waals surface area (Å²) < 4.78 is 15.0. The van der Waals surface area contributed by atoms with Crippen LogP contribution in [0, 0.1) is 0 Å². The van der Waals surface area contributed by atoms with E-state index >= 15 is 0 Å². The van der Waals surface area contributed by atoms with Crippen molar-refractivity contribution in [2.24, 2.45) is 0 Å². The molecule has 0 heterocycles. The van der Waals surface area contributed by atoms with Crippen LogP contribution in [0.1, 0.15) is 19.4 Å². The van der Waals surface area contributed by atoms with Crippen LogP contribution in [0.25, 0.3) is 0 Å². The summed E-state index contributed by atoms with van der Waals surface area (Å²) in [6, 6.07) is 9.83. The highest BCUT2D eigenvalue weighted by atomic mass is 16.7. The van der Waals surface area contributed by atoms with Gasteiger partial charge in [-0.2, -0.15) is 0 Å². The van der Waals surface area contributed by atoms with E-state index in [-0.39, 0.29) is 6.10 Å². The second kappa shape index (κ2) is 7.68. The second-order valence-electron chi connectivity index (χ2n) is 3.61. The van der Waals surface area contributed by atoms with E-state index in [9.17, 15) is 4.79 Å². The summed E-state index contributed by atoms with van der Waals surface area (Å²) in [4.78, 5) is 11.0. The minimum atomic E-state index is -0.650. The molecule has 0 fully saturated rings. The van der Waals surface area contributed by atoms with Crippen LogP contribution in [0.5, 0.6) is 0 Å². The molecule has 1 aromatic carbocycles. The van der Waals surface area contributed by atoms with Crippen LogP contribution in [0.15, 0.2) is 30.3 Å². The molecule has 94 valence electrons. The standard InChI is InChI=1S/C13H18O4/c1-3-16-13(14)17-11(2)9-15-10-12-7-5-4-6-8-12/h4-8,11H,3,9-10H2,1-2H3. The molecule has 17 heavy (non-hydrogen) atoms. The molecule has 4 heteroatoms. The van der Waals surface area contributed by atoms with Crippen LogP contribution < -0.4 is 0 Å². The van der Waals surface area contributed by atoms with Gasteiger partial charge in [0.2, 0.25) is 0 Å². The topological polar surface area (TPSA) is 44.8 Å². The minimum Gasteiger partial charge on any atom is -0.435 e. The molecule has 0 bridgehead atoms. The molecular formula is C13H18O4. The highest BCUT2D eigenvalue weighted by Gasteiger charge is 2.09. The zero-order valence-corrected chi connectivity index (χ0v) is 10.2. The lowest BCUT2D eigenvalue weighted by atomic mass is 10.2. The fraction of sp³-hybridized carbons (Fsp3) is 0.462. The van der Waals surface area contributed by atoms with Crippen molar-refractivity contribution in [3.05, 3.63) is 35.9 Å². The molecular weight excluding hydrogens is 220 g/mol. The summed E-state index contributed by atoms with van der Waals surface area (Å²) in [6.45, 7) is 4.68. The van der Waals surface area contributed by atoms with Crippen molar-refractivity contribution in [1.29, 1.82) is 0 Å². The molecule has 1 aromatic rings. The number of rotatable bonds is 6. The van der Waals surface area contributed by atoms with Crippen molar-refractivity contribution in [3.8, 4) is 0 Å². The van der Waals surface area contributed by atoms with Crippen LogP contribution in [-0.4, -0.2) is 25.5 Å². The molecule has 1 atom stereocenters. The lowest BCUT2D eigenvalue weighted by molar-refractivity contribution is -0.0114. The Morgan fingerprint density at radius 1 is 1.29 bits per heavy atom. The summed E-state index contributed by atoms with van der Waals surface area (Å²) in [6.07, 6.45) is -0.957. The third-order valence-electron chi connectivity index (χ3n) is 2.02. The first-order chi connectivity index (χ1) is 8.22. The van der Waals surface area contributed by atoms with Gasteiger partial charge in [-0.1, -0.05) is 30.3 Å². The first kappa shape index (κ1) is 13.5. The maximum Gasteiger partial charge on any atom is 0.508 e. The number of carbonyl (C=O) groups is 1. The molecule has 1 unspecified atom stereocenters. The fourth-order valence-electron chi connectivity index (χ4n) is 1.27. The minimum absolute atomic E-state index is 0.308. The summed E-state index contributed by atoms with van der Waals surface area (Å²) in [5, 5.41) is 0. The summed E-state index contributed by atoms with van der Waals surface area (Å²) >= 11 is 0. The van der Waals surface area contributed by atoms with Crippen molar-refractivity contribution in [3.63, 3.8) is 0 Å². The molecule has 0 saturated carbocycles. The van der Waals surface area contributed by atoms with Gasteiger partial charge in [0.05, 0.1) is 19.8 Å². The smallest absolute Gasteiger partial charge is 0.435 e. The molecule has 0 aliphatic rings. The van der Waals surface area contributed by atoms with E-state index in [1.165, 1.54) is 0 Å². The van der Waals surface area contributed by atoms with E-state index in [2.05, 4.69) is 4.74 Å². The van der Waals surface area contributed by atoms with E-state index in [1.807, 2.05) is 30.3 Å². The largest absolute Gasteiger partial charge is 0.508 e. The van der Waals surface area contributed by atoms with Crippen LogP contribution in [-0.2, 0) is 20.8 Å². The Kier molecular flexibility index (Phi) is 6.10. The first-order valence-electron chi connectivity index (χ1n) is 5.67. The Labute approximate surface area is 101 Å². The number of hydrogen-bond acceptors (Lipinski definition) is 4. The maximum absolute atomic E-state index is 11.0. The predicted molar refractivity (Wildman–Crippen MR) is 63.7 cm³/mol. The molecule has 0 radical (unpaired) electrons. The quantitative estimate of drug-likeness (QED) is 0.715. The zero-order chi connectivity index (χ0) is 12.5. The Bertz CT molecular complexity index is 323. The van der Waals surface area contributed by atoms with Gasteiger partial charge >= 0.3 is 6.16 Å². The molecule has 0 amide bonds. The summed E-state index contributed by atoms with van der Waals surface area (Å²) in [5.41, 5.74) is 1.09. The molecule has 0 aromatic heterocycles. The molecule has 1 rings (SSSR count). The Morgan fingerprint density at radius 3 is 2.65 bits per heavy atom.